The predicted octanol–water partition coefficient (Wildman–Crippen LogP) is 4.06. The zero-order valence-electron chi connectivity index (χ0n) is 14.6. The van der Waals surface area contributed by atoms with Crippen LogP contribution < -0.4 is 10.9 Å². The Balaban J connectivity index is 1.56. The third-order valence-corrected chi connectivity index (χ3v) is 6.38. The Bertz CT molecular complexity index is 1130. The van der Waals surface area contributed by atoms with Crippen molar-refractivity contribution in [2.75, 3.05) is 0 Å². The molecule has 3 aromatic heterocycles. The van der Waals surface area contributed by atoms with Gasteiger partial charge in [-0.3, -0.25) is 14.2 Å². The molecule has 4 aromatic rings. The zero-order valence-corrected chi connectivity index (χ0v) is 16.2. The number of rotatable bonds is 5. The summed E-state index contributed by atoms with van der Waals surface area (Å²) in [4.78, 5) is 32.2. The molecule has 1 N–H and O–H groups in total. The van der Waals surface area contributed by atoms with Crippen LogP contribution in [0.2, 0.25) is 0 Å². The molecular formula is C20H17N3O2S2. The molecule has 0 aliphatic carbocycles. The fourth-order valence-electron chi connectivity index (χ4n) is 2.87. The lowest BCUT2D eigenvalue weighted by Gasteiger charge is -2.12. The van der Waals surface area contributed by atoms with Gasteiger partial charge in [0.2, 0.25) is 5.91 Å². The molecule has 5 nitrogen and oxygen atoms in total. The van der Waals surface area contributed by atoms with Crippen LogP contribution in [0.1, 0.15) is 17.8 Å². The monoisotopic (exact) mass is 395 g/mol. The molecule has 1 aromatic carbocycles. The van der Waals surface area contributed by atoms with Crippen LogP contribution in [0.25, 0.3) is 20.7 Å². The van der Waals surface area contributed by atoms with E-state index >= 15 is 0 Å². The van der Waals surface area contributed by atoms with Crippen molar-refractivity contribution in [3.63, 3.8) is 0 Å². The van der Waals surface area contributed by atoms with Crippen LogP contribution >= 0.6 is 22.7 Å². The SMILES string of the molecule is CC(NC(=O)Cn1cnc2sc(-c3ccccc3)cc2c1=O)c1cccs1. The molecule has 27 heavy (non-hydrogen) atoms. The Morgan fingerprint density at radius 2 is 2.04 bits per heavy atom. The Hall–Kier alpha value is -2.77. The molecule has 0 bridgehead atoms. The molecule has 0 fully saturated rings. The summed E-state index contributed by atoms with van der Waals surface area (Å²) in [6.07, 6.45) is 1.45. The van der Waals surface area contributed by atoms with Crippen molar-refractivity contribution in [3.8, 4) is 10.4 Å². The fourth-order valence-corrected chi connectivity index (χ4v) is 4.60. The van der Waals surface area contributed by atoms with Crippen molar-refractivity contribution in [3.05, 3.63) is 75.5 Å². The first kappa shape index (κ1) is 17.6. The van der Waals surface area contributed by atoms with E-state index in [1.807, 2.05) is 60.8 Å². The zero-order chi connectivity index (χ0) is 18.8. The predicted molar refractivity (Wildman–Crippen MR) is 110 cm³/mol. The topological polar surface area (TPSA) is 64.0 Å². The van der Waals surface area contributed by atoms with E-state index in [4.69, 9.17) is 0 Å². The lowest BCUT2D eigenvalue weighted by molar-refractivity contribution is -0.122. The number of carbonyl (C=O) groups is 1. The second-order valence-corrected chi connectivity index (χ2v) is 8.19. The normalized spacial score (nSPS) is 12.2. The van der Waals surface area contributed by atoms with Crippen molar-refractivity contribution in [2.24, 2.45) is 0 Å². The lowest BCUT2D eigenvalue weighted by atomic mass is 10.2. The van der Waals surface area contributed by atoms with Gasteiger partial charge in [-0.2, -0.15) is 0 Å². The average molecular weight is 396 g/mol. The van der Waals surface area contributed by atoms with E-state index in [0.717, 1.165) is 15.3 Å². The highest BCUT2D eigenvalue weighted by atomic mass is 32.1. The smallest absolute Gasteiger partial charge is 0.262 e. The maximum atomic E-state index is 12.8. The molecule has 1 atom stereocenters. The van der Waals surface area contributed by atoms with Crippen LogP contribution in [0.4, 0.5) is 0 Å². The highest BCUT2D eigenvalue weighted by Crippen LogP contribution is 2.30. The van der Waals surface area contributed by atoms with Gasteiger partial charge < -0.3 is 5.32 Å². The number of amides is 1. The molecule has 0 aliphatic rings. The largest absolute Gasteiger partial charge is 0.347 e. The summed E-state index contributed by atoms with van der Waals surface area (Å²) < 4.78 is 1.36. The van der Waals surface area contributed by atoms with Crippen molar-refractivity contribution in [1.29, 1.82) is 0 Å². The number of nitrogens with one attached hydrogen (secondary N) is 1. The minimum atomic E-state index is -0.210. The van der Waals surface area contributed by atoms with Gasteiger partial charge in [0, 0.05) is 9.75 Å². The lowest BCUT2D eigenvalue weighted by Crippen LogP contribution is -2.33. The molecule has 136 valence electrons. The Morgan fingerprint density at radius 3 is 2.78 bits per heavy atom. The number of hydrogen-bond acceptors (Lipinski definition) is 5. The van der Waals surface area contributed by atoms with Crippen LogP contribution in [-0.4, -0.2) is 15.5 Å². The summed E-state index contributed by atoms with van der Waals surface area (Å²) in [6.45, 7) is 1.88. The van der Waals surface area contributed by atoms with Crippen LogP contribution in [0.5, 0.6) is 0 Å². The Morgan fingerprint density at radius 1 is 1.22 bits per heavy atom. The van der Waals surface area contributed by atoms with Crippen molar-refractivity contribution in [1.82, 2.24) is 14.9 Å². The van der Waals surface area contributed by atoms with Crippen molar-refractivity contribution < 1.29 is 4.79 Å². The second kappa shape index (κ2) is 7.46. The average Bonchev–Trinajstić information content (AvgIpc) is 3.35. The van der Waals surface area contributed by atoms with Crippen LogP contribution in [0.3, 0.4) is 0 Å². The summed E-state index contributed by atoms with van der Waals surface area (Å²) in [5.41, 5.74) is 0.853. The first-order chi connectivity index (χ1) is 13.1. The third-order valence-electron chi connectivity index (χ3n) is 4.24. The first-order valence-electron chi connectivity index (χ1n) is 8.49. The molecule has 0 saturated carbocycles. The molecule has 0 radical (unpaired) electrons. The van der Waals surface area contributed by atoms with E-state index in [0.29, 0.717) is 10.2 Å². The number of thiophene rings is 2. The van der Waals surface area contributed by atoms with Crippen LogP contribution in [0, 0.1) is 0 Å². The summed E-state index contributed by atoms with van der Waals surface area (Å²) in [7, 11) is 0. The van der Waals surface area contributed by atoms with Crippen LogP contribution in [-0.2, 0) is 11.3 Å². The molecule has 7 heteroatoms. The van der Waals surface area contributed by atoms with Crippen molar-refractivity contribution in [2.45, 2.75) is 19.5 Å². The fraction of sp³-hybridized carbons (Fsp3) is 0.150. The quantitative estimate of drug-likeness (QED) is 0.554. The molecule has 0 spiro atoms. The van der Waals surface area contributed by atoms with Gasteiger partial charge in [0.05, 0.1) is 17.8 Å². The number of carbonyl (C=O) groups excluding carboxylic acids is 1. The highest BCUT2D eigenvalue weighted by Gasteiger charge is 2.14. The molecule has 1 unspecified atom stereocenters. The van der Waals surface area contributed by atoms with E-state index in [1.165, 1.54) is 22.2 Å². The number of hydrogen-bond donors (Lipinski definition) is 1. The maximum absolute atomic E-state index is 12.8. The molecule has 1 amide bonds. The standard InChI is InChI=1S/C20H17N3O2S2/c1-13(16-8-5-9-26-16)22-18(24)11-23-12-21-19-15(20(23)25)10-17(27-19)14-6-3-2-4-7-14/h2-10,12-13H,11H2,1H3,(H,22,24). The second-order valence-electron chi connectivity index (χ2n) is 6.18. The number of aromatic nitrogens is 2. The van der Waals surface area contributed by atoms with Gasteiger partial charge >= 0.3 is 0 Å². The van der Waals surface area contributed by atoms with E-state index < -0.39 is 0 Å². The van der Waals surface area contributed by atoms with E-state index in [9.17, 15) is 9.59 Å². The third kappa shape index (κ3) is 3.70. The molecule has 3 heterocycles. The molecule has 0 saturated heterocycles. The number of fused-ring (bicyclic) bond motifs is 1. The van der Waals surface area contributed by atoms with E-state index in [2.05, 4.69) is 10.3 Å². The van der Waals surface area contributed by atoms with Gasteiger partial charge in [0.1, 0.15) is 11.4 Å². The molecule has 4 rings (SSSR count). The van der Waals surface area contributed by atoms with E-state index in [-0.39, 0.29) is 24.1 Å². The minimum Gasteiger partial charge on any atom is -0.347 e. The Labute approximate surface area is 163 Å². The summed E-state index contributed by atoms with van der Waals surface area (Å²) in [6, 6.07) is 15.6. The number of benzene rings is 1. The Kier molecular flexibility index (Phi) is 4.87. The summed E-state index contributed by atoms with van der Waals surface area (Å²) in [5, 5.41) is 5.44. The molecular weight excluding hydrogens is 378 g/mol. The first-order valence-corrected chi connectivity index (χ1v) is 10.2. The van der Waals surface area contributed by atoms with E-state index in [1.54, 1.807) is 11.3 Å². The molecule has 0 aliphatic heterocycles. The highest BCUT2D eigenvalue weighted by molar-refractivity contribution is 7.21. The van der Waals surface area contributed by atoms with Crippen LogP contribution in [0.15, 0.2) is 65.0 Å². The maximum Gasteiger partial charge on any atom is 0.262 e. The van der Waals surface area contributed by atoms with Gasteiger partial charge in [-0.1, -0.05) is 36.4 Å². The van der Waals surface area contributed by atoms with Gasteiger partial charge in [-0.25, -0.2) is 4.98 Å². The summed E-state index contributed by atoms with van der Waals surface area (Å²) >= 11 is 3.07. The van der Waals surface area contributed by atoms with Gasteiger partial charge in [0.15, 0.2) is 0 Å². The number of nitrogens with zero attached hydrogens (tertiary/aromatic N) is 2. The van der Waals surface area contributed by atoms with Crippen molar-refractivity contribution >= 4 is 38.8 Å². The minimum absolute atomic E-state index is 0.0476. The van der Waals surface area contributed by atoms with Gasteiger partial charge in [-0.15, -0.1) is 22.7 Å². The van der Waals surface area contributed by atoms with Gasteiger partial charge in [0.25, 0.3) is 5.56 Å². The van der Waals surface area contributed by atoms with Gasteiger partial charge in [-0.05, 0) is 30.0 Å². The summed E-state index contributed by atoms with van der Waals surface area (Å²) in [5.74, 6) is -0.210.